The van der Waals surface area contributed by atoms with E-state index in [9.17, 15) is 0 Å². The molecular weight excluding hydrogens is 210 g/mol. The first-order valence-electron chi connectivity index (χ1n) is 5.42. The Bertz CT molecular complexity index is 350. The fourth-order valence-electron chi connectivity index (χ4n) is 1.84. The van der Waals surface area contributed by atoms with Gasteiger partial charge in [0.15, 0.2) is 0 Å². The average Bonchev–Trinajstić information content (AvgIpc) is 2.08. The number of hydrogen-bond donors (Lipinski definition) is 1. The van der Waals surface area contributed by atoms with Crippen LogP contribution in [0.3, 0.4) is 0 Å². The summed E-state index contributed by atoms with van der Waals surface area (Å²) < 4.78 is 0. The molecule has 0 aliphatic heterocycles. The molecule has 1 aliphatic rings. The molecule has 0 bridgehead atoms. The maximum atomic E-state index is 5.77. The van der Waals surface area contributed by atoms with Gasteiger partial charge in [0.2, 0.25) is 5.28 Å². The normalized spacial score (nSPS) is 18.3. The maximum Gasteiger partial charge on any atom is 0.224 e. The summed E-state index contributed by atoms with van der Waals surface area (Å²) >= 11 is 5.77. The molecule has 0 amide bonds. The number of aryl methyl sites for hydroxylation is 1. The molecule has 1 aliphatic carbocycles. The lowest BCUT2D eigenvalue weighted by atomic mass is 9.80. The highest BCUT2D eigenvalue weighted by Gasteiger charge is 2.24. The molecule has 0 spiro atoms. The second-order valence-corrected chi connectivity index (χ2v) is 4.63. The van der Waals surface area contributed by atoms with Crippen molar-refractivity contribution < 1.29 is 0 Å². The van der Waals surface area contributed by atoms with E-state index in [1.54, 1.807) is 6.20 Å². The topological polar surface area (TPSA) is 37.8 Å². The molecule has 4 heteroatoms. The SMILES string of the molecule is Cc1cnc(Cl)nc1NC(C)C1CCC1. The minimum absolute atomic E-state index is 0.309. The molecule has 1 aromatic heterocycles. The number of anilines is 1. The second-order valence-electron chi connectivity index (χ2n) is 4.29. The van der Waals surface area contributed by atoms with E-state index in [1.165, 1.54) is 19.3 Å². The number of rotatable bonds is 3. The van der Waals surface area contributed by atoms with E-state index in [0.29, 0.717) is 11.3 Å². The molecule has 15 heavy (non-hydrogen) atoms. The Hall–Kier alpha value is -0.830. The predicted molar refractivity (Wildman–Crippen MR) is 62.2 cm³/mol. The van der Waals surface area contributed by atoms with E-state index in [1.807, 2.05) is 6.92 Å². The summed E-state index contributed by atoms with van der Waals surface area (Å²) in [5.41, 5.74) is 1.05. The molecule has 1 fully saturated rings. The van der Waals surface area contributed by atoms with Gasteiger partial charge >= 0.3 is 0 Å². The highest BCUT2D eigenvalue weighted by atomic mass is 35.5. The largest absolute Gasteiger partial charge is 0.367 e. The average molecular weight is 226 g/mol. The van der Waals surface area contributed by atoms with Crippen LogP contribution in [0.2, 0.25) is 5.28 Å². The van der Waals surface area contributed by atoms with E-state index in [0.717, 1.165) is 17.3 Å². The Kier molecular flexibility index (Phi) is 3.10. The minimum Gasteiger partial charge on any atom is -0.367 e. The Morgan fingerprint density at radius 3 is 2.87 bits per heavy atom. The highest BCUT2D eigenvalue weighted by molar-refractivity contribution is 6.28. The first-order valence-corrected chi connectivity index (χ1v) is 5.80. The monoisotopic (exact) mass is 225 g/mol. The zero-order chi connectivity index (χ0) is 10.8. The van der Waals surface area contributed by atoms with Crippen molar-refractivity contribution in [3.63, 3.8) is 0 Å². The van der Waals surface area contributed by atoms with Crippen molar-refractivity contribution in [3.05, 3.63) is 17.0 Å². The van der Waals surface area contributed by atoms with Crippen LogP contribution >= 0.6 is 11.6 Å². The number of nitrogens with zero attached hydrogens (tertiary/aromatic N) is 2. The highest BCUT2D eigenvalue weighted by Crippen LogP contribution is 2.31. The van der Waals surface area contributed by atoms with Crippen molar-refractivity contribution in [1.82, 2.24) is 9.97 Å². The van der Waals surface area contributed by atoms with Crippen molar-refractivity contribution in [2.75, 3.05) is 5.32 Å². The van der Waals surface area contributed by atoms with Crippen LogP contribution in [0, 0.1) is 12.8 Å². The van der Waals surface area contributed by atoms with E-state index in [2.05, 4.69) is 22.2 Å². The van der Waals surface area contributed by atoms with Crippen molar-refractivity contribution in [2.45, 2.75) is 39.2 Å². The standard InChI is InChI=1S/C11H16ClN3/c1-7-6-13-11(12)15-10(7)14-8(2)9-4-3-5-9/h6,8-9H,3-5H2,1-2H3,(H,13,14,15). The van der Waals surface area contributed by atoms with Gasteiger partial charge in [-0.2, -0.15) is 0 Å². The van der Waals surface area contributed by atoms with Crippen molar-refractivity contribution in [2.24, 2.45) is 5.92 Å². The molecular formula is C11H16ClN3. The molecule has 82 valence electrons. The lowest BCUT2D eigenvalue weighted by Crippen LogP contribution is -2.31. The third-order valence-electron chi connectivity index (χ3n) is 3.16. The first-order chi connectivity index (χ1) is 7.16. The second kappa shape index (κ2) is 4.35. The van der Waals surface area contributed by atoms with Gasteiger partial charge in [-0.3, -0.25) is 0 Å². The fraction of sp³-hybridized carbons (Fsp3) is 0.636. The van der Waals surface area contributed by atoms with Gasteiger partial charge < -0.3 is 5.32 Å². The predicted octanol–water partition coefficient (Wildman–Crippen LogP) is 3.04. The molecule has 0 aromatic carbocycles. The number of halogens is 1. The Morgan fingerprint density at radius 2 is 2.27 bits per heavy atom. The van der Waals surface area contributed by atoms with Gasteiger partial charge in [-0.05, 0) is 44.2 Å². The summed E-state index contributed by atoms with van der Waals surface area (Å²) in [5.74, 6) is 1.66. The first kappa shape index (κ1) is 10.7. The summed E-state index contributed by atoms with van der Waals surface area (Å²) in [6.07, 6.45) is 5.77. The van der Waals surface area contributed by atoms with Gasteiger partial charge in [-0.1, -0.05) is 6.42 Å². The van der Waals surface area contributed by atoms with Crippen LogP contribution in [0.25, 0.3) is 0 Å². The minimum atomic E-state index is 0.309. The molecule has 1 aromatic rings. The zero-order valence-corrected chi connectivity index (χ0v) is 9.88. The number of hydrogen-bond acceptors (Lipinski definition) is 3. The van der Waals surface area contributed by atoms with Crippen LogP contribution in [0.1, 0.15) is 31.7 Å². The number of nitrogens with one attached hydrogen (secondary N) is 1. The van der Waals surface area contributed by atoms with Gasteiger partial charge in [0.25, 0.3) is 0 Å². The molecule has 0 saturated heterocycles. The van der Waals surface area contributed by atoms with E-state index >= 15 is 0 Å². The molecule has 1 heterocycles. The van der Waals surface area contributed by atoms with E-state index in [4.69, 9.17) is 11.6 Å². The van der Waals surface area contributed by atoms with Crippen LogP contribution < -0.4 is 5.32 Å². The lowest BCUT2D eigenvalue weighted by Gasteiger charge is -2.32. The van der Waals surface area contributed by atoms with Crippen LogP contribution in [0.15, 0.2) is 6.20 Å². The lowest BCUT2D eigenvalue weighted by molar-refractivity contribution is 0.285. The summed E-state index contributed by atoms with van der Waals surface area (Å²) in [5, 5.41) is 3.73. The Balaban J connectivity index is 2.05. The number of aromatic nitrogens is 2. The van der Waals surface area contributed by atoms with Crippen molar-refractivity contribution >= 4 is 17.4 Å². The quantitative estimate of drug-likeness (QED) is 0.804. The fourth-order valence-corrected chi connectivity index (χ4v) is 1.97. The van der Waals surface area contributed by atoms with Gasteiger partial charge in [0.05, 0.1) is 0 Å². The summed E-state index contributed by atoms with van der Waals surface area (Å²) in [6, 6.07) is 0.475. The molecule has 1 N–H and O–H groups in total. The Morgan fingerprint density at radius 1 is 1.53 bits per heavy atom. The summed E-state index contributed by atoms with van der Waals surface area (Å²) in [7, 11) is 0. The maximum absolute atomic E-state index is 5.77. The molecule has 2 rings (SSSR count). The Labute approximate surface area is 95.3 Å². The zero-order valence-electron chi connectivity index (χ0n) is 9.13. The van der Waals surface area contributed by atoms with E-state index < -0.39 is 0 Å². The third-order valence-corrected chi connectivity index (χ3v) is 3.35. The van der Waals surface area contributed by atoms with Gasteiger partial charge in [0.1, 0.15) is 5.82 Å². The third kappa shape index (κ3) is 2.40. The van der Waals surface area contributed by atoms with Crippen molar-refractivity contribution in [1.29, 1.82) is 0 Å². The van der Waals surface area contributed by atoms with Gasteiger partial charge in [-0.25, -0.2) is 9.97 Å². The van der Waals surface area contributed by atoms with Crippen LogP contribution in [-0.4, -0.2) is 16.0 Å². The summed E-state index contributed by atoms with van der Waals surface area (Å²) in [4.78, 5) is 8.14. The summed E-state index contributed by atoms with van der Waals surface area (Å²) in [6.45, 7) is 4.20. The van der Waals surface area contributed by atoms with Crippen LogP contribution in [0.4, 0.5) is 5.82 Å². The smallest absolute Gasteiger partial charge is 0.224 e. The van der Waals surface area contributed by atoms with Crippen LogP contribution in [-0.2, 0) is 0 Å². The van der Waals surface area contributed by atoms with Crippen molar-refractivity contribution in [3.8, 4) is 0 Å². The molecule has 1 unspecified atom stereocenters. The molecule has 1 atom stereocenters. The molecule has 1 saturated carbocycles. The van der Waals surface area contributed by atoms with Gasteiger partial charge in [0, 0.05) is 17.8 Å². The van der Waals surface area contributed by atoms with Gasteiger partial charge in [-0.15, -0.1) is 0 Å². The molecule has 0 radical (unpaired) electrons. The van der Waals surface area contributed by atoms with E-state index in [-0.39, 0.29) is 0 Å². The van der Waals surface area contributed by atoms with Crippen LogP contribution in [0.5, 0.6) is 0 Å². The molecule has 3 nitrogen and oxygen atoms in total.